The van der Waals surface area contributed by atoms with Crippen LogP contribution in [0.1, 0.15) is 29.9 Å². The van der Waals surface area contributed by atoms with Gasteiger partial charge in [0.2, 0.25) is 0 Å². The number of methoxy groups -OCH3 is 1. The van der Waals surface area contributed by atoms with E-state index in [4.69, 9.17) is 9.47 Å². The van der Waals surface area contributed by atoms with E-state index in [1.807, 2.05) is 6.20 Å². The van der Waals surface area contributed by atoms with E-state index in [0.29, 0.717) is 10.9 Å². The van der Waals surface area contributed by atoms with Crippen molar-refractivity contribution in [2.45, 2.75) is 32.8 Å². The predicted molar refractivity (Wildman–Crippen MR) is 112 cm³/mol. The molecule has 6 heteroatoms. The summed E-state index contributed by atoms with van der Waals surface area (Å²) in [5.41, 5.74) is 2.56. The maximum atomic E-state index is 12.4. The van der Waals surface area contributed by atoms with Crippen LogP contribution in [0.5, 0.6) is 11.5 Å². The molecule has 1 heterocycles. The van der Waals surface area contributed by atoms with Gasteiger partial charge in [-0.1, -0.05) is 31.2 Å². The molecule has 3 rings (SSSR count). The Balaban J connectivity index is 1.54. The van der Waals surface area contributed by atoms with Crippen molar-refractivity contribution in [2.24, 2.45) is 0 Å². The largest absolute Gasteiger partial charge is 0.497 e. The molecule has 146 valence electrons. The molecular formula is C22H24N2O3S. The van der Waals surface area contributed by atoms with Gasteiger partial charge in [0.05, 0.1) is 7.11 Å². The van der Waals surface area contributed by atoms with Crippen LogP contribution in [0.4, 0.5) is 5.13 Å². The zero-order valence-corrected chi connectivity index (χ0v) is 17.1. The van der Waals surface area contributed by atoms with Crippen LogP contribution in [-0.4, -0.2) is 24.1 Å². The van der Waals surface area contributed by atoms with Crippen molar-refractivity contribution in [3.05, 3.63) is 70.7 Å². The monoisotopic (exact) mass is 396 g/mol. The van der Waals surface area contributed by atoms with Crippen molar-refractivity contribution in [3.63, 3.8) is 0 Å². The lowest BCUT2D eigenvalue weighted by atomic mass is 10.1. The van der Waals surface area contributed by atoms with E-state index in [9.17, 15) is 4.79 Å². The van der Waals surface area contributed by atoms with Crippen LogP contribution in [0.3, 0.4) is 0 Å². The van der Waals surface area contributed by atoms with Crippen molar-refractivity contribution in [1.29, 1.82) is 0 Å². The molecule has 1 N–H and O–H groups in total. The number of benzene rings is 2. The summed E-state index contributed by atoms with van der Waals surface area (Å²) in [5.74, 6) is 1.12. The third-order valence-electron chi connectivity index (χ3n) is 4.33. The van der Waals surface area contributed by atoms with Crippen LogP contribution in [0, 0.1) is 0 Å². The van der Waals surface area contributed by atoms with Gasteiger partial charge in [-0.25, -0.2) is 4.98 Å². The van der Waals surface area contributed by atoms with Gasteiger partial charge in [0.1, 0.15) is 11.5 Å². The molecular weight excluding hydrogens is 372 g/mol. The van der Waals surface area contributed by atoms with Gasteiger partial charge in [0.15, 0.2) is 11.2 Å². The zero-order valence-electron chi connectivity index (χ0n) is 16.3. The van der Waals surface area contributed by atoms with Gasteiger partial charge in [-0.3, -0.25) is 10.1 Å². The highest BCUT2D eigenvalue weighted by molar-refractivity contribution is 7.15. The molecule has 1 unspecified atom stereocenters. The quantitative estimate of drug-likeness (QED) is 0.599. The molecule has 0 radical (unpaired) electrons. The summed E-state index contributed by atoms with van der Waals surface area (Å²) in [6.07, 6.45) is 3.01. The zero-order chi connectivity index (χ0) is 19.9. The first-order chi connectivity index (χ1) is 13.6. The van der Waals surface area contributed by atoms with Crippen molar-refractivity contribution in [2.75, 3.05) is 12.4 Å². The number of nitrogens with one attached hydrogen (secondary N) is 1. The molecule has 0 fully saturated rings. The summed E-state index contributed by atoms with van der Waals surface area (Å²) in [6, 6.07) is 15.7. The van der Waals surface area contributed by atoms with E-state index in [2.05, 4.69) is 41.5 Å². The van der Waals surface area contributed by atoms with E-state index in [0.717, 1.165) is 23.5 Å². The predicted octanol–water partition coefficient (Wildman–Crippen LogP) is 4.71. The molecule has 5 nitrogen and oxygen atoms in total. The number of hydrogen-bond donors (Lipinski definition) is 1. The van der Waals surface area contributed by atoms with E-state index in [-0.39, 0.29) is 5.91 Å². The fraction of sp³-hybridized carbons (Fsp3) is 0.273. The molecule has 28 heavy (non-hydrogen) atoms. The van der Waals surface area contributed by atoms with Gasteiger partial charge in [-0.15, -0.1) is 11.3 Å². The summed E-state index contributed by atoms with van der Waals surface area (Å²) in [7, 11) is 1.61. The highest BCUT2D eigenvalue weighted by Crippen LogP contribution is 2.23. The van der Waals surface area contributed by atoms with Crippen LogP contribution in [0.2, 0.25) is 0 Å². The first-order valence-electron chi connectivity index (χ1n) is 9.21. The lowest BCUT2D eigenvalue weighted by molar-refractivity contribution is -0.122. The molecule has 0 saturated heterocycles. The number of carbonyl (C=O) groups is 1. The van der Waals surface area contributed by atoms with E-state index >= 15 is 0 Å². The van der Waals surface area contributed by atoms with E-state index < -0.39 is 6.10 Å². The number of ether oxygens (including phenoxy) is 2. The van der Waals surface area contributed by atoms with Crippen molar-refractivity contribution >= 4 is 22.4 Å². The first kappa shape index (κ1) is 19.9. The highest BCUT2D eigenvalue weighted by atomic mass is 32.1. The normalized spacial score (nSPS) is 11.7. The molecule has 1 aromatic heterocycles. The topological polar surface area (TPSA) is 60.5 Å². The smallest absolute Gasteiger partial charge is 0.266 e. The molecule has 0 bridgehead atoms. The third-order valence-corrected chi connectivity index (χ3v) is 5.25. The third kappa shape index (κ3) is 5.33. The molecule has 0 saturated carbocycles. The van der Waals surface area contributed by atoms with Gasteiger partial charge in [0, 0.05) is 17.5 Å². The minimum Gasteiger partial charge on any atom is -0.497 e. The van der Waals surface area contributed by atoms with Gasteiger partial charge < -0.3 is 9.47 Å². The SMILES string of the molecule is CCc1ccc(Cc2cnc(NC(=O)C(C)Oc3ccc(OC)cc3)s2)cc1. The molecule has 2 aromatic carbocycles. The molecule has 3 aromatic rings. The van der Waals surface area contributed by atoms with E-state index in [1.165, 1.54) is 22.5 Å². The Hall–Kier alpha value is -2.86. The minimum absolute atomic E-state index is 0.232. The Kier molecular flexibility index (Phi) is 6.66. The van der Waals surface area contributed by atoms with Gasteiger partial charge in [-0.2, -0.15) is 0 Å². The van der Waals surface area contributed by atoms with Crippen molar-refractivity contribution in [3.8, 4) is 11.5 Å². The number of anilines is 1. The fourth-order valence-electron chi connectivity index (χ4n) is 2.66. The number of hydrogen-bond acceptors (Lipinski definition) is 5. The molecule has 0 aliphatic heterocycles. The number of thiazole rings is 1. The first-order valence-corrected chi connectivity index (χ1v) is 10.0. The second-order valence-electron chi connectivity index (χ2n) is 6.40. The average molecular weight is 397 g/mol. The average Bonchev–Trinajstić information content (AvgIpc) is 3.15. The maximum absolute atomic E-state index is 12.4. The number of carbonyl (C=O) groups excluding carboxylic acids is 1. The van der Waals surface area contributed by atoms with Crippen LogP contribution >= 0.6 is 11.3 Å². The van der Waals surface area contributed by atoms with Gasteiger partial charge >= 0.3 is 0 Å². The molecule has 0 aliphatic carbocycles. The van der Waals surface area contributed by atoms with Gasteiger partial charge in [0.25, 0.3) is 5.91 Å². The summed E-state index contributed by atoms with van der Waals surface area (Å²) in [6.45, 7) is 3.86. The van der Waals surface area contributed by atoms with E-state index in [1.54, 1.807) is 38.3 Å². The molecule has 1 amide bonds. The highest BCUT2D eigenvalue weighted by Gasteiger charge is 2.16. The van der Waals surface area contributed by atoms with Crippen LogP contribution in [0.15, 0.2) is 54.7 Å². The van der Waals surface area contributed by atoms with Crippen molar-refractivity contribution in [1.82, 2.24) is 4.98 Å². The van der Waals surface area contributed by atoms with Gasteiger partial charge in [-0.05, 0) is 48.7 Å². The Morgan fingerprint density at radius 3 is 2.36 bits per heavy atom. The summed E-state index contributed by atoms with van der Waals surface area (Å²) >= 11 is 1.48. The van der Waals surface area contributed by atoms with Crippen LogP contribution in [-0.2, 0) is 17.6 Å². The Bertz CT molecular complexity index is 904. The summed E-state index contributed by atoms with van der Waals surface area (Å²) in [5, 5.41) is 3.41. The molecule has 1 atom stereocenters. The van der Waals surface area contributed by atoms with Crippen LogP contribution in [0.25, 0.3) is 0 Å². The molecule has 0 aliphatic rings. The number of aromatic nitrogens is 1. The maximum Gasteiger partial charge on any atom is 0.266 e. The lowest BCUT2D eigenvalue weighted by Crippen LogP contribution is -2.30. The number of rotatable bonds is 8. The lowest BCUT2D eigenvalue weighted by Gasteiger charge is -2.13. The number of aryl methyl sites for hydroxylation is 1. The van der Waals surface area contributed by atoms with Crippen LogP contribution < -0.4 is 14.8 Å². The fourth-order valence-corrected chi connectivity index (χ4v) is 3.51. The Morgan fingerprint density at radius 2 is 1.71 bits per heavy atom. The number of amides is 1. The second kappa shape index (κ2) is 9.37. The van der Waals surface area contributed by atoms with Crippen molar-refractivity contribution < 1.29 is 14.3 Å². The number of nitrogens with zero attached hydrogens (tertiary/aromatic N) is 1. The minimum atomic E-state index is -0.637. The Labute approximate surface area is 169 Å². The second-order valence-corrected chi connectivity index (χ2v) is 7.52. The molecule has 0 spiro atoms. The summed E-state index contributed by atoms with van der Waals surface area (Å²) < 4.78 is 10.8. The standard InChI is InChI=1S/C22H24N2O3S/c1-4-16-5-7-17(8-6-16)13-20-14-23-22(28-20)24-21(25)15(2)27-19-11-9-18(26-3)10-12-19/h5-12,14-15H,4,13H2,1-3H3,(H,23,24,25). The summed E-state index contributed by atoms with van der Waals surface area (Å²) in [4.78, 5) is 17.8. The Morgan fingerprint density at radius 1 is 1.07 bits per heavy atom.